The van der Waals surface area contributed by atoms with Gasteiger partial charge in [-0.15, -0.1) is 0 Å². The van der Waals surface area contributed by atoms with Crippen LogP contribution in [0.15, 0.2) is 42.5 Å². The van der Waals surface area contributed by atoms with Crippen molar-refractivity contribution in [2.75, 3.05) is 13.1 Å². The first kappa shape index (κ1) is 21.7. The Kier molecular flexibility index (Phi) is 7.78. The smallest absolute Gasteiger partial charge is 0.253 e. The average Bonchev–Trinajstić information content (AvgIpc) is 2.65. The van der Waals surface area contributed by atoms with Gasteiger partial charge in [-0.3, -0.25) is 14.4 Å². The summed E-state index contributed by atoms with van der Waals surface area (Å²) >= 11 is 11.7. The van der Waals surface area contributed by atoms with Crippen molar-refractivity contribution in [2.45, 2.75) is 13.0 Å². The molecular formula is C19H18Cl2FN3O3. The van der Waals surface area contributed by atoms with Crippen LogP contribution in [0, 0.1) is 5.82 Å². The molecule has 9 heteroatoms. The highest BCUT2D eigenvalue weighted by Gasteiger charge is 2.14. The maximum Gasteiger partial charge on any atom is 0.253 e. The summed E-state index contributed by atoms with van der Waals surface area (Å²) in [5.74, 6) is -1.86. The van der Waals surface area contributed by atoms with Gasteiger partial charge in [0.2, 0.25) is 11.8 Å². The number of halogens is 3. The fraction of sp³-hybridized carbons (Fsp3) is 0.211. The van der Waals surface area contributed by atoms with E-state index >= 15 is 0 Å². The number of benzene rings is 2. The van der Waals surface area contributed by atoms with Gasteiger partial charge < -0.3 is 16.0 Å². The van der Waals surface area contributed by atoms with E-state index in [0.29, 0.717) is 5.02 Å². The molecule has 2 rings (SSSR count). The molecule has 28 heavy (non-hydrogen) atoms. The predicted octanol–water partition coefficient (Wildman–Crippen LogP) is 2.86. The third-order valence-corrected chi connectivity index (χ3v) is 4.33. The Balaban J connectivity index is 1.74. The van der Waals surface area contributed by atoms with Crippen molar-refractivity contribution in [3.8, 4) is 0 Å². The summed E-state index contributed by atoms with van der Waals surface area (Å²) in [6.07, 6.45) is 0. The molecular weight excluding hydrogens is 408 g/mol. The van der Waals surface area contributed by atoms with E-state index in [-0.39, 0.29) is 35.5 Å². The van der Waals surface area contributed by atoms with Crippen molar-refractivity contribution in [1.82, 2.24) is 16.0 Å². The molecule has 1 unspecified atom stereocenters. The first-order chi connectivity index (χ1) is 13.3. The van der Waals surface area contributed by atoms with Crippen LogP contribution in [0.2, 0.25) is 10.0 Å². The Labute approximate surface area is 171 Å². The Bertz CT molecular complexity index is 875. The summed E-state index contributed by atoms with van der Waals surface area (Å²) in [7, 11) is 0. The zero-order chi connectivity index (χ0) is 20.7. The fourth-order valence-corrected chi connectivity index (χ4v) is 2.79. The molecule has 0 spiro atoms. The number of rotatable bonds is 7. The maximum absolute atomic E-state index is 12.9. The third kappa shape index (κ3) is 6.51. The van der Waals surface area contributed by atoms with Gasteiger partial charge in [-0.25, -0.2) is 4.39 Å². The molecule has 0 fully saturated rings. The normalized spacial score (nSPS) is 11.4. The van der Waals surface area contributed by atoms with Gasteiger partial charge in [0, 0.05) is 5.02 Å². The van der Waals surface area contributed by atoms with Gasteiger partial charge in [0.1, 0.15) is 5.82 Å². The van der Waals surface area contributed by atoms with Gasteiger partial charge in [-0.2, -0.15) is 0 Å². The Morgan fingerprint density at radius 1 is 0.964 bits per heavy atom. The molecule has 0 saturated heterocycles. The van der Waals surface area contributed by atoms with E-state index in [0.717, 1.165) is 5.56 Å². The van der Waals surface area contributed by atoms with Crippen molar-refractivity contribution in [3.05, 3.63) is 69.5 Å². The van der Waals surface area contributed by atoms with E-state index in [4.69, 9.17) is 23.2 Å². The van der Waals surface area contributed by atoms with Gasteiger partial charge >= 0.3 is 0 Å². The highest BCUT2D eigenvalue weighted by molar-refractivity contribution is 6.36. The minimum atomic E-state index is -0.539. The van der Waals surface area contributed by atoms with E-state index in [1.807, 2.05) is 0 Å². The average molecular weight is 426 g/mol. The SMILES string of the molecule is CC(NC(=O)CNC(=O)CNC(=O)c1ccc(Cl)cc1Cl)c1ccc(F)cc1. The summed E-state index contributed by atoms with van der Waals surface area (Å²) in [4.78, 5) is 35.8. The number of hydrogen-bond donors (Lipinski definition) is 3. The molecule has 0 saturated carbocycles. The number of carbonyl (C=O) groups is 3. The molecule has 148 valence electrons. The monoisotopic (exact) mass is 425 g/mol. The lowest BCUT2D eigenvalue weighted by Crippen LogP contribution is -2.42. The Morgan fingerprint density at radius 3 is 2.25 bits per heavy atom. The van der Waals surface area contributed by atoms with E-state index < -0.39 is 17.7 Å². The number of nitrogens with one attached hydrogen (secondary N) is 3. The van der Waals surface area contributed by atoms with E-state index in [1.165, 1.54) is 30.3 Å². The second kappa shape index (κ2) is 10.1. The van der Waals surface area contributed by atoms with Crippen LogP contribution in [-0.2, 0) is 9.59 Å². The molecule has 2 aromatic rings. The first-order valence-electron chi connectivity index (χ1n) is 8.31. The van der Waals surface area contributed by atoms with E-state index in [1.54, 1.807) is 19.1 Å². The van der Waals surface area contributed by atoms with Crippen molar-refractivity contribution in [3.63, 3.8) is 0 Å². The lowest BCUT2D eigenvalue weighted by atomic mass is 10.1. The molecule has 0 aliphatic heterocycles. The number of hydrogen-bond acceptors (Lipinski definition) is 3. The Hall–Kier alpha value is -2.64. The van der Waals surface area contributed by atoms with Crippen molar-refractivity contribution in [1.29, 1.82) is 0 Å². The molecule has 0 aromatic heterocycles. The van der Waals surface area contributed by atoms with Gasteiger partial charge in [0.15, 0.2) is 0 Å². The molecule has 0 bridgehead atoms. The summed E-state index contributed by atoms with van der Waals surface area (Å²) in [5.41, 5.74) is 0.915. The van der Waals surface area contributed by atoms with Crippen LogP contribution in [0.3, 0.4) is 0 Å². The van der Waals surface area contributed by atoms with Gasteiger partial charge in [-0.1, -0.05) is 35.3 Å². The minimum absolute atomic E-state index is 0.166. The zero-order valence-corrected chi connectivity index (χ0v) is 16.4. The molecule has 0 aliphatic carbocycles. The fourth-order valence-electron chi connectivity index (χ4n) is 2.30. The largest absolute Gasteiger partial charge is 0.348 e. The third-order valence-electron chi connectivity index (χ3n) is 3.78. The van der Waals surface area contributed by atoms with Crippen LogP contribution in [0.4, 0.5) is 4.39 Å². The first-order valence-corrected chi connectivity index (χ1v) is 9.06. The molecule has 1 atom stereocenters. The summed E-state index contributed by atoms with van der Waals surface area (Å²) in [6.45, 7) is 1.16. The number of amides is 3. The quantitative estimate of drug-likeness (QED) is 0.637. The molecule has 6 nitrogen and oxygen atoms in total. The zero-order valence-electron chi connectivity index (χ0n) is 14.9. The lowest BCUT2D eigenvalue weighted by Gasteiger charge is -2.15. The van der Waals surface area contributed by atoms with Crippen LogP contribution in [0.5, 0.6) is 0 Å². The van der Waals surface area contributed by atoms with Crippen LogP contribution >= 0.6 is 23.2 Å². The molecule has 0 aliphatic rings. The highest BCUT2D eigenvalue weighted by atomic mass is 35.5. The predicted molar refractivity (Wildman–Crippen MR) is 105 cm³/mol. The van der Waals surface area contributed by atoms with Crippen LogP contribution in [0.25, 0.3) is 0 Å². The summed E-state index contributed by atoms with van der Waals surface area (Å²) in [6, 6.07) is 9.76. The highest BCUT2D eigenvalue weighted by Crippen LogP contribution is 2.20. The second-order valence-corrected chi connectivity index (χ2v) is 6.77. The lowest BCUT2D eigenvalue weighted by molar-refractivity contribution is -0.125. The summed E-state index contributed by atoms with van der Waals surface area (Å²) in [5, 5.41) is 8.04. The van der Waals surface area contributed by atoms with Crippen molar-refractivity contribution >= 4 is 40.9 Å². The molecule has 3 amide bonds. The van der Waals surface area contributed by atoms with E-state index in [2.05, 4.69) is 16.0 Å². The standard InChI is InChI=1S/C19H18Cl2FN3O3/c1-11(12-2-5-14(22)6-3-12)25-18(27)10-23-17(26)9-24-19(28)15-7-4-13(20)8-16(15)21/h2-8,11H,9-10H2,1H3,(H,23,26)(H,24,28)(H,25,27). The molecule has 0 heterocycles. The maximum atomic E-state index is 12.9. The van der Waals surface area contributed by atoms with Crippen LogP contribution in [0.1, 0.15) is 28.9 Å². The van der Waals surface area contributed by atoms with Gasteiger partial charge in [0.25, 0.3) is 5.91 Å². The topological polar surface area (TPSA) is 87.3 Å². The van der Waals surface area contributed by atoms with Crippen LogP contribution in [-0.4, -0.2) is 30.8 Å². The van der Waals surface area contributed by atoms with Gasteiger partial charge in [-0.05, 0) is 42.8 Å². The minimum Gasteiger partial charge on any atom is -0.348 e. The molecule has 2 aromatic carbocycles. The number of carbonyl (C=O) groups excluding carboxylic acids is 3. The molecule has 3 N–H and O–H groups in total. The summed E-state index contributed by atoms with van der Waals surface area (Å²) < 4.78 is 12.9. The van der Waals surface area contributed by atoms with Crippen LogP contribution < -0.4 is 16.0 Å². The second-order valence-electron chi connectivity index (χ2n) is 5.92. The molecule has 0 radical (unpaired) electrons. The van der Waals surface area contributed by atoms with Crippen molar-refractivity contribution < 1.29 is 18.8 Å². The van der Waals surface area contributed by atoms with E-state index in [9.17, 15) is 18.8 Å². The van der Waals surface area contributed by atoms with Crippen molar-refractivity contribution in [2.24, 2.45) is 0 Å². The van der Waals surface area contributed by atoms with Gasteiger partial charge in [0.05, 0.1) is 29.7 Å². The Morgan fingerprint density at radius 2 is 1.61 bits per heavy atom.